The highest BCUT2D eigenvalue weighted by Crippen LogP contribution is 2.33. The van der Waals surface area contributed by atoms with E-state index in [1.807, 2.05) is 61.5 Å². The van der Waals surface area contributed by atoms with Crippen LogP contribution >= 0.6 is 11.6 Å². The fourth-order valence-electron chi connectivity index (χ4n) is 2.42. The maximum absolute atomic E-state index is 6.27. The summed E-state index contributed by atoms with van der Waals surface area (Å²) in [7, 11) is 3.96. The van der Waals surface area contributed by atoms with E-state index in [0.29, 0.717) is 6.54 Å². The van der Waals surface area contributed by atoms with Crippen molar-refractivity contribution in [3.8, 4) is 0 Å². The molecule has 2 aromatic carbocycles. The third-order valence-corrected chi connectivity index (χ3v) is 3.67. The average Bonchev–Trinajstić information content (AvgIpc) is 2.87. The molecule has 0 spiro atoms. The number of hydrogen-bond donors (Lipinski definition) is 1. The summed E-state index contributed by atoms with van der Waals surface area (Å²) in [5.74, 6) is 0.904. The van der Waals surface area contributed by atoms with Gasteiger partial charge in [0.1, 0.15) is 11.3 Å². The van der Waals surface area contributed by atoms with Crippen molar-refractivity contribution in [1.29, 1.82) is 0 Å². The molecule has 0 aliphatic carbocycles. The number of furan rings is 1. The van der Waals surface area contributed by atoms with Crippen LogP contribution in [0.4, 0.5) is 11.4 Å². The Morgan fingerprint density at radius 2 is 1.90 bits per heavy atom. The Balaban J connectivity index is 1.83. The Morgan fingerprint density at radius 1 is 1.10 bits per heavy atom. The molecule has 3 rings (SSSR count). The largest absolute Gasteiger partial charge is 0.459 e. The number of para-hydroxylation sites is 2. The highest BCUT2D eigenvalue weighted by molar-refractivity contribution is 6.34. The van der Waals surface area contributed by atoms with E-state index in [1.54, 1.807) is 0 Å². The lowest BCUT2D eigenvalue weighted by atomic mass is 10.2. The fourth-order valence-corrected chi connectivity index (χ4v) is 2.76. The Hall–Kier alpha value is -2.13. The van der Waals surface area contributed by atoms with Gasteiger partial charge in [-0.25, -0.2) is 0 Å². The van der Waals surface area contributed by atoms with Crippen LogP contribution in [0.2, 0.25) is 5.02 Å². The van der Waals surface area contributed by atoms with E-state index in [-0.39, 0.29) is 0 Å². The molecule has 1 heterocycles. The van der Waals surface area contributed by atoms with Crippen LogP contribution in [0.5, 0.6) is 0 Å². The number of hydrogen-bond acceptors (Lipinski definition) is 3. The number of benzene rings is 2. The van der Waals surface area contributed by atoms with Gasteiger partial charge in [-0.2, -0.15) is 0 Å². The zero-order chi connectivity index (χ0) is 14.8. The van der Waals surface area contributed by atoms with Crippen molar-refractivity contribution in [2.45, 2.75) is 6.54 Å². The second kappa shape index (κ2) is 5.70. The number of anilines is 2. The van der Waals surface area contributed by atoms with Gasteiger partial charge in [-0.05, 0) is 24.3 Å². The van der Waals surface area contributed by atoms with Crippen LogP contribution in [0.15, 0.2) is 52.9 Å². The summed E-state index contributed by atoms with van der Waals surface area (Å²) in [6.45, 7) is 0.621. The van der Waals surface area contributed by atoms with Crippen LogP contribution in [-0.4, -0.2) is 14.1 Å². The molecule has 3 aromatic rings. The molecule has 0 fully saturated rings. The predicted octanol–water partition coefficient (Wildman–Crippen LogP) is 4.76. The lowest BCUT2D eigenvalue weighted by Crippen LogP contribution is -2.12. The van der Waals surface area contributed by atoms with E-state index in [0.717, 1.165) is 33.1 Å². The number of nitrogens with one attached hydrogen (secondary N) is 1. The first-order chi connectivity index (χ1) is 10.1. The predicted molar refractivity (Wildman–Crippen MR) is 89.3 cm³/mol. The molecule has 108 valence electrons. The van der Waals surface area contributed by atoms with Crippen LogP contribution < -0.4 is 10.2 Å². The smallest absolute Gasteiger partial charge is 0.134 e. The van der Waals surface area contributed by atoms with Gasteiger partial charge in [0.2, 0.25) is 0 Å². The minimum Gasteiger partial charge on any atom is -0.459 e. The molecule has 1 N–H and O–H groups in total. The van der Waals surface area contributed by atoms with Crippen molar-refractivity contribution >= 4 is 33.9 Å². The summed E-state index contributed by atoms with van der Waals surface area (Å²) in [5.41, 5.74) is 2.89. The molecule has 0 unspecified atom stereocenters. The SMILES string of the molecule is CN(C)c1c(Cl)cccc1NCc1cc2ccccc2o1. The summed E-state index contributed by atoms with van der Waals surface area (Å²) in [6.07, 6.45) is 0. The summed E-state index contributed by atoms with van der Waals surface area (Å²) >= 11 is 6.27. The zero-order valence-corrected chi connectivity index (χ0v) is 12.8. The Kier molecular flexibility index (Phi) is 3.76. The number of fused-ring (bicyclic) bond motifs is 1. The molecule has 1 aromatic heterocycles. The summed E-state index contributed by atoms with van der Waals surface area (Å²) in [5, 5.41) is 5.24. The lowest BCUT2D eigenvalue weighted by Gasteiger charge is -2.19. The van der Waals surface area contributed by atoms with Crippen LogP contribution in [0.25, 0.3) is 11.0 Å². The first-order valence-corrected chi connectivity index (χ1v) is 7.20. The van der Waals surface area contributed by atoms with Crippen LogP contribution in [-0.2, 0) is 6.54 Å². The minimum absolute atomic E-state index is 0.621. The second-order valence-electron chi connectivity index (χ2n) is 5.13. The highest BCUT2D eigenvalue weighted by Gasteiger charge is 2.10. The van der Waals surface area contributed by atoms with Gasteiger partial charge in [0.15, 0.2) is 0 Å². The second-order valence-corrected chi connectivity index (χ2v) is 5.54. The lowest BCUT2D eigenvalue weighted by molar-refractivity contribution is 0.559. The van der Waals surface area contributed by atoms with Crippen LogP contribution in [0.1, 0.15) is 5.76 Å². The summed E-state index contributed by atoms with van der Waals surface area (Å²) in [4.78, 5) is 2.00. The molecule has 21 heavy (non-hydrogen) atoms. The van der Waals surface area contributed by atoms with Crippen molar-refractivity contribution in [1.82, 2.24) is 0 Å². The molecule has 0 aliphatic heterocycles. The summed E-state index contributed by atoms with van der Waals surface area (Å²) in [6, 6.07) is 15.9. The van der Waals surface area contributed by atoms with Gasteiger partial charge in [-0.15, -0.1) is 0 Å². The third-order valence-electron chi connectivity index (χ3n) is 3.36. The molecular formula is C17H17ClN2O. The molecule has 0 bridgehead atoms. The van der Waals surface area contributed by atoms with Crippen molar-refractivity contribution in [3.63, 3.8) is 0 Å². The van der Waals surface area contributed by atoms with E-state index in [9.17, 15) is 0 Å². The van der Waals surface area contributed by atoms with E-state index >= 15 is 0 Å². The van der Waals surface area contributed by atoms with Gasteiger partial charge < -0.3 is 14.6 Å². The van der Waals surface area contributed by atoms with Crippen molar-refractivity contribution in [3.05, 3.63) is 59.3 Å². The molecule has 0 atom stereocenters. The van der Waals surface area contributed by atoms with E-state index in [1.165, 1.54) is 0 Å². The van der Waals surface area contributed by atoms with Gasteiger partial charge in [0.05, 0.1) is 22.9 Å². The van der Waals surface area contributed by atoms with Gasteiger partial charge in [-0.3, -0.25) is 0 Å². The van der Waals surface area contributed by atoms with Crippen molar-refractivity contribution < 1.29 is 4.42 Å². The minimum atomic E-state index is 0.621. The first-order valence-electron chi connectivity index (χ1n) is 6.82. The van der Waals surface area contributed by atoms with Crippen molar-refractivity contribution in [2.75, 3.05) is 24.3 Å². The van der Waals surface area contributed by atoms with Crippen LogP contribution in [0, 0.1) is 0 Å². The quantitative estimate of drug-likeness (QED) is 0.752. The number of rotatable bonds is 4. The maximum atomic E-state index is 6.27. The molecule has 0 saturated carbocycles. The maximum Gasteiger partial charge on any atom is 0.134 e. The van der Waals surface area contributed by atoms with Gasteiger partial charge in [-0.1, -0.05) is 35.9 Å². The Morgan fingerprint density at radius 3 is 2.67 bits per heavy atom. The molecule has 4 heteroatoms. The standard InChI is InChI=1S/C17H17ClN2O/c1-20(2)17-14(18)7-5-8-15(17)19-11-13-10-12-6-3-4-9-16(12)21-13/h3-10,19H,11H2,1-2H3. The van der Waals surface area contributed by atoms with Crippen molar-refractivity contribution in [2.24, 2.45) is 0 Å². The Labute approximate surface area is 129 Å². The summed E-state index contributed by atoms with van der Waals surface area (Å²) < 4.78 is 5.81. The van der Waals surface area contributed by atoms with Gasteiger partial charge in [0.25, 0.3) is 0 Å². The molecule has 0 radical (unpaired) electrons. The molecular weight excluding hydrogens is 284 g/mol. The Bertz CT molecular complexity index is 731. The van der Waals surface area contributed by atoms with Crippen LogP contribution in [0.3, 0.4) is 0 Å². The third kappa shape index (κ3) is 2.83. The monoisotopic (exact) mass is 300 g/mol. The zero-order valence-electron chi connectivity index (χ0n) is 12.1. The van der Waals surface area contributed by atoms with E-state index in [4.69, 9.17) is 16.0 Å². The number of halogens is 1. The first kappa shape index (κ1) is 13.8. The molecule has 0 amide bonds. The molecule has 0 saturated heterocycles. The van der Waals surface area contributed by atoms with Gasteiger partial charge in [0, 0.05) is 19.5 Å². The van der Waals surface area contributed by atoms with E-state index < -0.39 is 0 Å². The van der Waals surface area contributed by atoms with Gasteiger partial charge >= 0.3 is 0 Å². The normalized spacial score (nSPS) is 10.8. The highest BCUT2D eigenvalue weighted by atomic mass is 35.5. The fraction of sp³-hybridized carbons (Fsp3) is 0.176. The van der Waals surface area contributed by atoms with E-state index in [2.05, 4.69) is 11.4 Å². The number of nitrogens with zero attached hydrogens (tertiary/aromatic N) is 1. The molecule has 0 aliphatic rings. The molecule has 3 nitrogen and oxygen atoms in total. The average molecular weight is 301 g/mol. The topological polar surface area (TPSA) is 28.4 Å².